The maximum absolute atomic E-state index is 11.7. The number of carbonyl (C=O) groups is 1. The van der Waals surface area contributed by atoms with Crippen LogP contribution in [0.15, 0.2) is 30.5 Å². The fourth-order valence-electron chi connectivity index (χ4n) is 1.89. The number of rotatable bonds is 5. The van der Waals surface area contributed by atoms with E-state index in [4.69, 9.17) is 21.1 Å². The van der Waals surface area contributed by atoms with Gasteiger partial charge in [-0.25, -0.2) is 4.98 Å². The van der Waals surface area contributed by atoms with Gasteiger partial charge in [-0.1, -0.05) is 29.8 Å². The molecule has 0 spiro atoms. The van der Waals surface area contributed by atoms with Crippen LogP contribution in [0.25, 0.3) is 11.1 Å². The van der Waals surface area contributed by atoms with Gasteiger partial charge in [0.05, 0.1) is 25.8 Å². The molecule has 0 saturated carbocycles. The third kappa shape index (κ3) is 3.70. The molecule has 0 aliphatic heterocycles. The van der Waals surface area contributed by atoms with Gasteiger partial charge in [0.15, 0.2) is 0 Å². The quantitative estimate of drug-likeness (QED) is 0.795. The molecule has 0 atom stereocenters. The van der Waals surface area contributed by atoms with E-state index in [0.717, 1.165) is 5.56 Å². The average molecular weight is 307 g/mol. The molecule has 0 bridgehead atoms. The number of hydrogen-bond acceptors (Lipinski definition) is 5. The van der Waals surface area contributed by atoms with Crippen molar-refractivity contribution in [2.24, 2.45) is 0 Å². The summed E-state index contributed by atoms with van der Waals surface area (Å²) in [6.45, 7) is 2.08. The Bertz CT molecular complexity index is 647. The largest absolute Gasteiger partial charge is 0.467 e. The zero-order chi connectivity index (χ0) is 15.2. The number of esters is 1. The number of carbonyl (C=O) groups excluding carboxylic acids is 1. The van der Waals surface area contributed by atoms with Crippen LogP contribution in [0, 0.1) is 0 Å². The monoisotopic (exact) mass is 306 g/mol. The van der Waals surface area contributed by atoms with E-state index >= 15 is 0 Å². The van der Waals surface area contributed by atoms with Gasteiger partial charge in [0.25, 0.3) is 0 Å². The van der Waals surface area contributed by atoms with Crippen LogP contribution >= 0.6 is 11.6 Å². The van der Waals surface area contributed by atoms with Crippen LogP contribution in [0.3, 0.4) is 0 Å². The third-order valence-electron chi connectivity index (χ3n) is 2.81. The first-order valence-corrected chi connectivity index (χ1v) is 6.84. The standard InChI is InChI=1S/C15H15ClN2O3/c1-3-21-14(19)8-13-11(9-17-15(18-13)20-2)10-6-4-5-7-12(10)16/h4-7,9H,3,8H2,1-2H3. The molecular formula is C15H15ClN2O3. The number of halogens is 1. The lowest BCUT2D eigenvalue weighted by molar-refractivity contribution is -0.142. The molecule has 1 aromatic heterocycles. The maximum atomic E-state index is 11.7. The number of nitrogens with zero attached hydrogens (tertiary/aromatic N) is 2. The fraction of sp³-hybridized carbons (Fsp3) is 0.267. The molecule has 0 saturated heterocycles. The van der Waals surface area contributed by atoms with E-state index in [1.54, 1.807) is 19.2 Å². The summed E-state index contributed by atoms with van der Waals surface area (Å²) in [5.74, 6) is -0.355. The van der Waals surface area contributed by atoms with Gasteiger partial charge < -0.3 is 9.47 Å². The van der Waals surface area contributed by atoms with Gasteiger partial charge >= 0.3 is 12.0 Å². The Morgan fingerprint density at radius 3 is 2.71 bits per heavy atom. The van der Waals surface area contributed by atoms with E-state index < -0.39 is 0 Å². The normalized spacial score (nSPS) is 10.2. The molecule has 0 fully saturated rings. The summed E-state index contributed by atoms with van der Waals surface area (Å²) >= 11 is 6.20. The zero-order valence-corrected chi connectivity index (χ0v) is 12.6. The minimum Gasteiger partial charge on any atom is -0.467 e. The lowest BCUT2D eigenvalue weighted by atomic mass is 10.0. The smallest absolute Gasteiger partial charge is 0.316 e. The number of benzene rings is 1. The van der Waals surface area contributed by atoms with E-state index in [1.807, 2.05) is 18.2 Å². The third-order valence-corrected chi connectivity index (χ3v) is 3.14. The summed E-state index contributed by atoms with van der Waals surface area (Å²) < 4.78 is 9.98. The number of hydrogen-bond donors (Lipinski definition) is 0. The van der Waals surface area contributed by atoms with E-state index in [0.29, 0.717) is 22.9 Å². The van der Waals surface area contributed by atoms with Crippen molar-refractivity contribution < 1.29 is 14.3 Å². The highest BCUT2D eigenvalue weighted by atomic mass is 35.5. The first-order chi connectivity index (χ1) is 10.2. The molecule has 0 radical (unpaired) electrons. The van der Waals surface area contributed by atoms with Crippen LogP contribution in [0.2, 0.25) is 5.02 Å². The molecule has 1 aromatic carbocycles. The highest BCUT2D eigenvalue weighted by molar-refractivity contribution is 6.33. The number of aromatic nitrogens is 2. The summed E-state index contributed by atoms with van der Waals surface area (Å²) in [4.78, 5) is 20.0. The van der Waals surface area contributed by atoms with Crippen LogP contribution in [0.1, 0.15) is 12.6 Å². The van der Waals surface area contributed by atoms with Crippen molar-refractivity contribution in [1.82, 2.24) is 9.97 Å². The van der Waals surface area contributed by atoms with Gasteiger partial charge in [0.2, 0.25) is 0 Å². The Hall–Kier alpha value is -2.14. The van der Waals surface area contributed by atoms with Gasteiger partial charge in [-0.15, -0.1) is 0 Å². The van der Waals surface area contributed by atoms with Crippen molar-refractivity contribution in [3.05, 3.63) is 41.2 Å². The molecule has 6 heteroatoms. The van der Waals surface area contributed by atoms with Crippen molar-refractivity contribution >= 4 is 17.6 Å². The minimum absolute atomic E-state index is 0.0350. The Morgan fingerprint density at radius 2 is 2.05 bits per heavy atom. The molecule has 21 heavy (non-hydrogen) atoms. The van der Waals surface area contributed by atoms with Crippen molar-refractivity contribution in [2.45, 2.75) is 13.3 Å². The zero-order valence-electron chi connectivity index (χ0n) is 11.8. The second kappa shape index (κ2) is 7.04. The molecule has 0 amide bonds. The first-order valence-electron chi connectivity index (χ1n) is 6.46. The molecule has 0 N–H and O–H groups in total. The second-order valence-electron chi connectivity index (χ2n) is 4.18. The predicted octanol–water partition coefficient (Wildman–Crippen LogP) is 2.91. The summed E-state index contributed by atoms with van der Waals surface area (Å²) in [6.07, 6.45) is 1.63. The van der Waals surface area contributed by atoms with Crippen molar-refractivity contribution in [1.29, 1.82) is 0 Å². The molecule has 1 heterocycles. The Morgan fingerprint density at radius 1 is 1.29 bits per heavy atom. The van der Waals surface area contributed by atoms with Crippen LogP contribution in [-0.2, 0) is 16.0 Å². The summed E-state index contributed by atoms with van der Waals surface area (Å²) in [6, 6.07) is 7.52. The van der Waals surface area contributed by atoms with Crippen LogP contribution in [0.5, 0.6) is 6.01 Å². The summed E-state index contributed by atoms with van der Waals surface area (Å²) in [5.41, 5.74) is 1.98. The fourth-order valence-corrected chi connectivity index (χ4v) is 2.12. The molecule has 0 aliphatic rings. The highest BCUT2D eigenvalue weighted by Gasteiger charge is 2.16. The van der Waals surface area contributed by atoms with E-state index in [1.165, 1.54) is 7.11 Å². The minimum atomic E-state index is -0.355. The molecule has 5 nitrogen and oxygen atoms in total. The maximum Gasteiger partial charge on any atom is 0.316 e. The molecule has 0 aliphatic carbocycles. The Labute approximate surface area is 127 Å². The van der Waals surface area contributed by atoms with Crippen molar-refractivity contribution in [3.63, 3.8) is 0 Å². The van der Waals surface area contributed by atoms with Crippen molar-refractivity contribution in [3.8, 4) is 17.1 Å². The van der Waals surface area contributed by atoms with Gasteiger partial charge in [0.1, 0.15) is 0 Å². The van der Waals surface area contributed by atoms with Gasteiger partial charge in [-0.2, -0.15) is 4.98 Å². The van der Waals surface area contributed by atoms with Crippen LogP contribution in [-0.4, -0.2) is 29.7 Å². The summed E-state index contributed by atoms with van der Waals surface area (Å²) in [5, 5.41) is 0.566. The average Bonchev–Trinajstić information content (AvgIpc) is 2.48. The van der Waals surface area contributed by atoms with Crippen LogP contribution in [0.4, 0.5) is 0 Å². The Kier molecular flexibility index (Phi) is 5.11. The summed E-state index contributed by atoms with van der Waals surface area (Å²) in [7, 11) is 1.47. The molecule has 2 rings (SSSR count). The number of ether oxygens (including phenoxy) is 2. The number of methoxy groups -OCH3 is 1. The SMILES string of the molecule is CCOC(=O)Cc1nc(OC)ncc1-c1ccccc1Cl. The van der Waals surface area contributed by atoms with E-state index in [9.17, 15) is 4.79 Å². The first kappa shape index (κ1) is 15.3. The van der Waals surface area contributed by atoms with Gasteiger partial charge in [-0.3, -0.25) is 4.79 Å². The molecule has 2 aromatic rings. The molecular weight excluding hydrogens is 292 g/mol. The van der Waals surface area contributed by atoms with Gasteiger partial charge in [-0.05, 0) is 13.0 Å². The van der Waals surface area contributed by atoms with E-state index in [-0.39, 0.29) is 18.4 Å². The Balaban J connectivity index is 2.45. The lowest BCUT2D eigenvalue weighted by Crippen LogP contribution is -2.11. The van der Waals surface area contributed by atoms with Gasteiger partial charge in [0, 0.05) is 22.3 Å². The molecule has 110 valence electrons. The second-order valence-corrected chi connectivity index (χ2v) is 4.59. The molecule has 0 unspecified atom stereocenters. The lowest BCUT2D eigenvalue weighted by Gasteiger charge is -2.10. The predicted molar refractivity (Wildman–Crippen MR) is 79.4 cm³/mol. The highest BCUT2D eigenvalue weighted by Crippen LogP contribution is 2.30. The van der Waals surface area contributed by atoms with E-state index in [2.05, 4.69) is 9.97 Å². The van der Waals surface area contributed by atoms with Crippen LogP contribution < -0.4 is 4.74 Å². The topological polar surface area (TPSA) is 61.3 Å². The van der Waals surface area contributed by atoms with Crippen molar-refractivity contribution in [2.75, 3.05) is 13.7 Å².